The van der Waals surface area contributed by atoms with E-state index in [0.29, 0.717) is 21.9 Å². The predicted octanol–water partition coefficient (Wildman–Crippen LogP) is 2.58. The van der Waals surface area contributed by atoms with E-state index in [9.17, 15) is 9.59 Å². The molecule has 3 heterocycles. The third kappa shape index (κ3) is 4.06. The van der Waals surface area contributed by atoms with Crippen LogP contribution in [0.3, 0.4) is 0 Å². The van der Waals surface area contributed by atoms with E-state index in [-0.39, 0.29) is 11.2 Å². The van der Waals surface area contributed by atoms with Crippen LogP contribution in [-0.4, -0.2) is 49.4 Å². The summed E-state index contributed by atoms with van der Waals surface area (Å²) in [4.78, 5) is 37.3. The van der Waals surface area contributed by atoms with Gasteiger partial charge < -0.3 is 4.90 Å². The molecule has 0 bridgehead atoms. The standard InChI is InChI=1S/C22H27N5O2S/c1-15-8-7-9-16(14-15)18-23-19-17(21(28)26(3)22(29)25(19)2)20(24-18)30-13-12-27-10-5-4-6-11-27/h7-9,14H,4-6,10-13H2,1-3H3. The summed E-state index contributed by atoms with van der Waals surface area (Å²) >= 11 is 1.57. The van der Waals surface area contributed by atoms with Gasteiger partial charge in [0, 0.05) is 32.0 Å². The summed E-state index contributed by atoms with van der Waals surface area (Å²) in [5.41, 5.74) is 1.64. The first-order valence-electron chi connectivity index (χ1n) is 10.4. The molecule has 30 heavy (non-hydrogen) atoms. The molecule has 0 radical (unpaired) electrons. The van der Waals surface area contributed by atoms with Gasteiger partial charge in [-0.05, 0) is 38.9 Å². The SMILES string of the molecule is Cc1cccc(-c2nc(SCCN3CCCCC3)c3c(=O)n(C)c(=O)n(C)c3n2)c1. The maximum absolute atomic E-state index is 12.9. The second-order valence-electron chi connectivity index (χ2n) is 7.88. The minimum atomic E-state index is -0.384. The van der Waals surface area contributed by atoms with Crippen molar-refractivity contribution in [1.29, 1.82) is 0 Å². The van der Waals surface area contributed by atoms with Gasteiger partial charge in [-0.1, -0.05) is 30.2 Å². The molecule has 0 aliphatic carbocycles. The Hall–Kier alpha value is -2.45. The van der Waals surface area contributed by atoms with E-state index >= 15 is 0 Å². The number of hydrogen-bond acceptors (Lipinski definition) is 6. The van der Waals surface area contributed by atoms with Crippen LogP contribution in [0, 0.1) is 6.92 Å². The number of aryl methyl sites for hydroxylation is 2. The van der Waals surface area contributed by atoms with Gasteiger partial charge in [0.2, 0.25) is 0 Å². The van der Waals surface area contributed by atoms with Gasteiger partial charge in [-0.15, -0.1) is 11.8 Å². The lowest BCUT2D eigenvalue weighted by Gasteiger charge is -2.26. The molecule has 4 rings (SSSR count). The number of nitrogens with zero attached hydrogens (tertiary/aromatic N) is 5. The molecule has 1 aromatic carbocycles. The van der Waals surface area contributed by atoms with Crippen molar-refractivity contribution in [3.8, 4) is 11.4 Å². The van der Waals surface area contributed by atoms with Gasteiger partial charge in [0.05, 0.1) is 0 Å². The fourth-order valence-corrected chi connectivity index (χ4v) is 4.92. The Morgan fingerprint density at radius 2 is 1.80 bits per heavy atom. The lowest BCUT2D eigenvalue weighted by Crippen LogP contribution is -2.37. The van der Waals surface area contributed by atoms with Crippen LogP contribution in [0.4, 0.5) is 0 Å². The van der Waals surface area contributed by atoms with E-state index in [1.807, 2.05) is 31.2 Å². The summed E-state index contributed by atoms with van der Waals surface area (Å²) in [6, 6.07) is 7.95. The van der Waals surface area contributed by atoms with Crippen molar-refractivity contribution in [2.45, 2.75) is 31.2 Å². The average Bonchev–Trinajstić information content (AvgIpc) is 2.76. The van der Waals surface area contributed by atoms with E-state index in [4.69, 9.17) is 4.98 Å². The van der Waals surface area contributed by atoms with Gasteiger partial charge in [-0.25, -0.2) is 14.8 Å². The van der Waals surface area contributed by atoms with Gasteiger partial charge in [-0.2, -0.15) is 0 Å². The number of fused-ring (bicyclic) bond motifs is 1. The van der Waals surface area contributed by atoms with E-state index in [0.717, 1.165) is 41.1 Å². The molecular formula is C22H27N5O2S. The van der Waals surface area contributed by atoms with Crippen molar-refractivity contribution in [2.24, 2.45) is 14.1 Å². The number of rotatable bonds is 5. The highest BCUT2D eigenvalue weighted by molar-refractivity contribution is 7.99. The summed E-state index contributed by atoms with van der Waals surface area (Å²) in [6.07, 6.45) is 3.81. The molecule has 7 nitrogen and oxygen atoms in total. The van der Waals surface area contributed by atoms with Crippen molar-refractivity contribution >= 4 is 22.8 Å². The molecule has 0 atom stereocenters. The zero-order valence-electron chi connectivity index (χ0n) is 17.7. The Balaban J connectivity index is 1.79. The average molecular weight is 426 g/mol. The molecule has 1 fully saturated rings. The van der Waals surface area contributed by atoms with Crippen LogP contribution in [0.2, 0.25) is 0 Å². The molecule has 0 unspecified atom stereocenters. The van der Waals surface area contributed by atoms with Crippen LogP contribution in [0.15, 0.2) is 38.9 Å². The van der Waals surface area contributed by atoms with Crippen LogP contribution in [0.25, 0.3) is 22.4 Å². The summed E-state index contributed by atoms with van der Waals surface area (Å²) in [7, 11) is 3.15. The maximum Gasteiger partial charge on any atom is 0.332 e. The lowest BCUT2D eigenvalue weighted by molar-refractivity contribution is 0.242. The van der Waals surface area contributed by atoms with Crippen molar-refractivity contribution in [3.05, 3.63) is 50.7 Å². The van der Waals surface area contributed by atoms with Crippen molar-refractivity contribution in [1.82, 2.24) is 24.0 Å². The molecule has 1 aliphatic heterocycles. The smallest absolute Gasteiger partial charge is 0.303 e. The zero-order chi connectivity index (χ0) is 21.3. The summed E-state index contributed by atoms with van der Waals surface area (Å²) in [6.45, 7) is 5.25. The molecule has 1 saturated heterocycles. The molecule has 158 valence electrons. The Labute approximate surface area is 179 Å². The van der Waals surface area contributed by atoms with Crippen LogP contribution >= 0.6 is 11.8 Å². The van der Waals surface area contributed by atoms with Crippen LogP contribution in [0.1, 0.15) is 24.8 Å². The molecule has 0 spiro atoms. The number of hydrogen-bond donors (Lipinski definition) is 0. The molecule has 0 saturated carbocycles. The summed E-state index contributed by atoms with van der Waals surface area (Å²) < 4.78 is 2.57. The highest BCUT2D eigenvalue weighted by Gasteiger charge is 2.19. The number of likely N-dealkylation sites (tertiary alicyclic amines) is 1. The third-order valence-corrected chi connectivity index (χ3v) is 6.59. The second-order valence-corrected chi connectivity index (χ2v) is 8.96. The largest absolute Gasteiger partial charge is 0.332 e. The van der Waals surface area contributed by atoms with Gasteiger partial charge in [0.15, 0.2) is 11.5 Å². The first-order chi connectivity index (χ1) is 14.5. The van der Waals surface area contributed by atoms with Gasteiger partial charge in [-0.3, -0.25) is 13.9 Å². The highest BCUT2D eigenvalue weighted by atomic mass is 32.2. The highest BCUT2D eigenvalue weighted by Crippen LogP contribution is 2.26. The first-order valence-corrected chi connectivity index (χ1v) is 11.3. The molecule has 0 amide bonds. The Morgan fingerprint density at radius 1 is 1.03 bits per heavy atom. The zero-order valence-corrected chi connectivity index (χ0v) is 18.5. The predicted molar refractivity (Wildman–Crippen MR) is 121 cm³/mol. The first kappa shape index (κ1) is 20.8. The molecular weight excluding hydrogens is 398 g/mol. The number of thioether (sulfide) groups is 1. The fourth-order valence-electron chi connectivity index (χ4n) is 3.90. The van der Waals surface area contributed by atoms with Crippen molar-refractivity contribution < 1.29 is 0 Å². The number of aromatic nitrogens is 4. The molecule has 8 heteroatoms. The van der Waals surface area contributed by atoms with Gasteiger partial charge >= 0.3 is 5.69 Å². The Morgan fingerprint density at radius 3 is 2.53 bits per heavy atom. The third-order valence-electron chi connectivity index (χ3n) is 5.64. The van der Waals surface area contributed by atoms with Crippen molar-refractivity contribution in [3.63, 3.8) is 0 Å². The molecule has 3 aromatic rings. The monoisotopic (exact) mass is 425 g/mol. The van der Waals surface area contributed by atoms with Gasteiger partial charge in [0.25, 0.3) is 5.56 Å². The van der Waals surface area contributed by atoms with E-state index in [2.05, 4.69) is 9.88 Å². The van der Waals surface area contributed by atoms with Crippen LogP contribution in [0.5, 0.6) is 0 Å². The van der Waals surface area contributed by atoms with Crippen molar-refractivity contribution in [2.75, 3.05) is 25.4 Å². The summed E-state index contributed by atoms with van der Waals surface area (Å²) in [5.74, 6) is 1.38. The van der Waals surface area contributed by atoms with Gasteiger partial charge in [0.1, 0.15) is 10.4 Å². The fraction of sp³-hybridized carbons (Fsp3) is 0.455. The van der Waals surface area contributed by atoms with Crippen LogP contribution in [-0.2, 0) is 14.1 Å². The van der Waals surface area contributed by atoms with E-state index < -0.39 is 0 Å². The minimum absolute atomic E-state index is 0.343. The molecule has 2 aromatic heterocycles. The normalized spacial score (nSPS) is 15.0. The summed E-state index contributed by atoms with van der Waals surface area (Å²) in [5, 5.41) is 1.06. The quantitative estimate of drug-likeness (QED) is 0.462. The number of piperidine rings is 1. The Kier molecular flexibility index (Phi) is 6.06. The maximum atomic E-state index is 12.9. The second kappa shape index (κ2) is 8.73. The lowest BCUT2D eigenvalue weighted by atomic mass is 10.1. The van der Waals surface area contributed by atoms with Crippen LogP contribution < -0.4 is 11.2 Å². The topological polar surface area (TPSA) is 73.0 Å². The van der Waals surface area contributed by atoms with E-state index in [1.54, 1.807) is 18.8 Å². The molecule has 0 N–H and O–H groups in total. The van der Waals surface area contributed by atoms with E-state index in [1.165, 1.54) is 30.9 Å². The minimum Gasteiger partial charge on any atom is -0.303 e. The Bertz CT molecular complexity index is 1190. The number of benzene rings is 1. The molecule has 1 aliphatic rings.